The Morgan fingerprint density at radius 2 is 1.60 bits per heavy atom. The summed E-state index contributed by atoms with van der Waals surface area (Å²) >= 11 is 0. The summed E-state index contributed by atoms with van der Waals surface area (Å²) in [4.78, 5) is 0. The quantitative estimate of drug-likeness (QED) is 0.746. The normalized spacial score (nSPS) is 11.3. The van der Waals surface area contributed by atoms with E-state index in [1.54, 1.807) is 0 Å². The Labute approximate surface area is 93.7 Å². The Morgan fingerprint density at radius 1 is 1.00 bits per heavy atom. The molecule has 0 aliphatic rings. The molecule has 0 bridgehead atoms. The van der Waals surface area contributed by atoms with E-state index in [4.69, 9.17) is 5.73 Å². The minimum Gasteiger partial charge on any atom is -0.398 e. The van der Waals surface area contributed by atoms with E-state index in [1.807, 2.05) is 0 Å². The van der Waals surface area contributed by atoms with Gasteiger partial charge in [0.2, 0.25) is 0 Å². The molecule has 0 saturated heterocycles. The molecule has 2 N–H and O–H groups in total. The maximum atomic E-state index is 6.05. The van der Waals surface area contributed by atoms with Crippen LogP contribution in [-0.4, -0.2) is 0 Å². The Bertz CT molecular complexity index is 313. The first kappa shape index (κ1) is 12.1. The molecule has 0 saturated carbocycles. The van der Waals surface area contributed by atoms with E-state index in [0.29, 0.717) is 11.8 Å². The van der Waals surface area contributed by atoms with Crippen LogP contribution in [0.25, 0.3) is 0 Å². The first-order chi connectivity index (χ1) is 6.99. The average molecular weight is 205 g/mol. The van der Waals surface area contributed by atoms with Gasteiger partial charge in [-0.1, -0.05) is 39.8 Å². The summed E-state index contributed by atoms with van der Waals surface area (Å²) in [5.74, 6) is 1.36. The maximum absolute atomic E-state index is 6.05. The molecule has 0 spiro atoms. The molecule has 1 heteroatoms. The molecule has 1 rings (SSSR count). The average Bonchev–Trinajstić information content (AvgIpc) is 2.08. The third-order valence-electron chi connectivity index (χ3n) is 2.48. The van der Waals surface area contributed by atoms with Crippen LogP contribution in [0.1, 0.15) is 38.8 Å². The van der Waals surface area contributed by atoms with Crippen LogP contribution in [0.3, 0.4) is 0 Å². The monoisotopic (exact) mass is 205 g/mol. The van der Waals surface area contributed by atoms with Crippen molar-refractivity contribution in [2.75, 3.05) is 5.73 Å². The molecule has 1 nitrogen and oxygen atoms in total. The van der Waals surface area contributed by atoms with E-state index in [-0.39, 0.29) is 0 Å². The lowest BCUT2D eigenvalue weighted by Crippen LogP contribution is -2.02. The highest BCUT2D eigenvalue weighted by molar-refractivity contribution is 5.49. The summed E-state index contributed by atoms with van der Waals surface area (Å²) in [6, 6.07) is 6.54. The number of nitrogens with two attached hydrogens (primary N) is 1. The second kappa shape index (κ2) is 5.20. The highest BCUT2D eigenvalue weighted by Gasteiger charge is 2.04. The minimum absolute atomic E-state index is 0.670. The van der Waals surface area contributed by atoms with E-state index >= 15 is 0 Å². The third-order valence-corrected chi connectivity index (χ3v) is 2.48. The highest BCUT2D eigenvalue weighted by atomic mass is 14.6. The van der Waals surface area contributed by atoms with Gasteiger partial charge in [-0.3, -0.25) is 0 Å². The summed E-state index contributed by atoms with van der Waals surface area (Å²) < 4.78 is 0. The van der Waals surface area contributed by atoms with Gasteiger partial charge in [-0.25, -0.2) is 0 Å². The second-order valence-corrected chi connectivity index (χ2v) is 5.23. The van der Waals surface area contributed by atoms with Crippen molar-refractivity contribution in [2.45, 2.75) is 40.5 Å². The van der Waals surface area contributed by atoms with E-state index in [0.717, 1.165) is 18.5 Å². The van der Waals surface area contributed by atoms with E-state index in [2.05, 4.69) is 45.9 Å². The Kier molecular flexibility index (Phi) is 4.19. The second-order valence-electron chi connectivity index (χ2n) is 5.23. The van der Waals surface area contributed by atoms with Crippen molar-refractivity contribution >= 4 is 5.69 Å². The third kappa shape index (κ3) is 3.94. The largest absolute Gasteiger partial charge is 0.398 e. The lowest BCUT2D eigenvalue weighted by atomic mass is 9.97. The number of benzene rings is 1. The maximum Gasteiger partial charge on any atom is 0.0349 e. The van der Waals surface area contributed by atoms with Gasteiger partial charge in [-0.2, -0.15) is 0 Å². The lowest BCUT2D eigenvalue weighted by Gasteiger charge is -2.11. The molecule has 0 heterocycles. The standard InChI is InChI=1S/C14H23N/c1-10(2)7-12-5-6-13(8-11(3)4)14(15)9-12/h5-6,9-11H,7-8,15H2,1-4H3. The topological polar surface area (TPSA) is 26.0 Å². The summed E-state index contributed by atoms with van der Waals surface area (Å²) in [6.07, 6.45) is 2.19. The number of nitrogen functional groups attached to an aromatic ring is 1. The van der Waals surface area contributed by atoms with Gasteiger partial charge in [0.05, 0.1) is 0 Å². The summed E-state index contributed by atoms with van der Waals surface area (Å²) in [7, 11) is 0. The van der Waals surface area contributed by atoms with E-state index in [9.17, 15) is 0 Å². The first-order valence-electron chi connectivity index (χ1n) is 5.86. The number of hydrogen-bond donors (Lipinski definition) is 1. The van der Waals surface area contributed by atoms with Crippen molar-refractivity contribution in [1.82, 2.24) is 0 Å². The van der Waals surface area contributed by atoms with Gasteiger partial charge >= 0.3 is 0 Å². The molecule has 1 aromatic carbocycles. The van der Waals surface area contributed by atoms with Crippen LogP contribution in [-0.2, 0) is 12.8 Å². The lowest BCUT2D eigenvalue weighted by molar-refractivity contribution is 0.641. The van der Waals surface area contributed by atoms with Crippen molar-refractivity contribution in [3.8, 4) is 0 Å². The van der Waals surface area contributed by atoms with Crippen molar-refractivity contribution in [2.24, 2.45) is 11.8 Å². The zero-order valence-electron chi connectivity index (χ0n) is 10.4. The zero-order valence-corrected chi connectivity index (χ0v) is 10.4. The number of anilines is 1. The van der Waals surface area contributed by atoms with Crippen LogP contribution >= 0.6 is 0 Å². The van der Waals surface area contributed by atoms with Gasteiger partial charge in [-0.15, -0.1) is 0 Å². The van der Waals surface area contributed by atoms with Crippen LogP contribution in [0.4, 0.5) is 5.69 Å². The predicted molar refractivity (Wildman–Crippen MR) is 67.9 cm³/mol. The Hall–Kier alpha value is -0.980. The molecule has 0 aliphatic heterocycles. The van der Waals surface area contributed by atoms with Gasteiger partial charge < -0.3 is 5.73 Å². The van der Waals surface area contributed by atoms with Crippen molar-refractivity contribution in [3.05, 3.63) is 29.3 Å². The van der Waals surface area contributed by atoms with Gasteiger partial charge in [-0.05, 0) is 41.9 Å². The van der Waals surface area contributed by atoms with Crippen molar-refractivity contribution < 1.29 is 0 Å². The van der Waals surface area contributed by atoms with Crippen molar-refractivity contribution in [3.63, 3.8) is 0 Å². The fraction of sp³-hybridized carbons (Fsp3) is 0.571. The van der Waals surface area contributed by atoms with E-state index < -0.39 is 0 Å². The van der Waals surface area contributed by atoms with Gasteiger partial charge in [0.1, 0.15) is 0 Å². The van der Waals surface area contributed by atoms with E-state index in [1.165, 1.54) is 11.1 Å². The fourth-order valence-electron chi connectivity index (χ4n) is 1.87. The summed E-state index contributed by atoms with van der Waals surface area (Å²) in [5, 5.41) is 0. The molecular weight excluding hydrogens is 182 g/mol. The van der Waals surface area contributed by atoms with Gasteiger partial charge in [0.25, 0.3) is 0 Å². The van der Waals surface area contributed by atoms with Gasteiger partial charge in [0.15, 0.2) is 0 Å². The Morgan fingerprint density at radius 3 is 2.07 bits per heavy atom. The highest BCUT2D eigenvalue weighted by Crippen LogP contribution is 2.19. The first-order valence-corrected chi connectivity index (χ1v) is 5.86. The van der Waals surface area contributed by atoms with Crippen LogP contribution in [0, 0.1) is 11.8 Å². The smallest absolute Gasteiger partial charge is 0.0349 e. The predicted octanol–water partition coefficient (Wildman–Crippen LogP) is 3.67. The van der Waals surface area contributed by atoms with Crippen LogP contribution in [0.5, 0.6) is 0 Å². The SMILES string of the molecule is CC(C)Cc1ccc(CC(C)C)c(N)c1. The molecule has 0 fully saturated rings. The van der Waals surface area contributed by atoms with Gasteiger partial charge in [0, 0.05) is 5.69 Å². The van der Waals surface area contributed by atoms with Crippen LogP contribution < -0.4 is 5.73 Å². The van der Waals surface area contributed by atoms with Crippen molar-refractivity contribution in [1.29, 1.82) is 0 Å². The molecule has 0 aromatic heterocycles. The minimum atomic E-state index is 0.670. The molecule has 84 valence electrons. The zero-order chi connectivity index (χ0) is 11.4. The molecule has 0 atom stereocenters. The summed E-state index contributed by atoms with van der Waals surface area (Å²) in [6.45, 7) is 8.92. The number of rotatable bonds is 4. The summed E-state index contributed by atoms with van der Waals surface area (Å²) in [5.41, 5.74) is 9.65. The number of hydrogen-bond acceptors (Lipinski definition) is 1. The molecule has 0 unspecified atom stereocenters. The molecule has 0 radical (unpaired) electrons. The van der Waals surface area contributed by atoms with Crippen LogP contribution in [0.2, 0.25) is 0 Å². The molecule has 0 aliphatic carbocycles. The molecule has 15 heavy (non-hydrogen) atoms. The van der Waals surface area contributed by atoms with Crippen LogP contribution in [0.15, 0.2) is 18.2 Å². The fourth-order valence-corrected chi connectivity index (χ4v) is 1.87. The Balaban J connectivity index is 2.78. The molecule has 0 amide bonds. The molecule has 1 aromatic rings. The molecular formula is C14H23N.